The molecule has 3 rings (SSSR count). The van der Waals surface area contributed by atoms with Crippen LogP contribution in [0.1, 0.15) is 33.3 Å². The van der Waals surface area contributed by atoms with Gasteiger partial charge in [-0.2, -0.15) is 0 Å². The first-order valence-corrected chi connectivity index (χ1v) is 11.5. The molecule has 0 spiro atoms. The Kier molecular flexibility index (Phi) is 7.74. The minimum Gasteiger partial charge on any atom is -0.483 e. The van der Waals surface area contributed by atoms with Gasteiger partial charge < -0.3 is 15.0 Å². The zero-order valence-electron chi connectivity index (χ0n) is 19.2. The second-order valence-electron chi connectivity index (χ2n) is 8.95. The van der Waals surface area contributed by atoms with Crippen LogP contribution in [0.25, 0.3) is 10.8 Å². The van der Waals surface area contributed by atoms with Gasteiger partial charge in [-0.3, -0.25) is 9.59 Å². The van der Waals surface area contributed by atoms with E-state index in [1.807, 2.05) is 51.1 Å². The van der Waals surface area contributed by atoms with E-state index in [2.05, 4.69) is 21.2 Å². The molecule has 5 nitrogen and oxygen atoms in total. The van der Waals surface area contributed by atoms with Crippen LogP contribution >= 0.6 is 15.9 Å². The van der Waals surface area contributed by atoms with Crippen LogP contribution in [0.3, 0.4) is 0 Å². The maximum Gasteiger partial charge on any atom is 0.261 e. The Balaban J connectivity index is 1.80. The summed E-state index contributed by atoms with van der Waals surface area (Å²) in [5.74, 6) is -0.448. The van der Waals surface area contributed by atoms with Gasteiger partial charge >= 0.3 is 0 Å². The lowest BCUT2D eigenvalue weighted by Crippen LogP contribution is -2.53. The van der Waals surface area contributed by atoms with Gasteiger partial charge in [0.05, 0.1) is 4.47 Å². The molecule has 0 aliphatic heterocycles. The summed E-state index contributed by atoms with van der Waals surface area (Å²) in [5.41, 5.74) is 0.273. The Morgan fingerprint density at radius 2 is 1.73 bits per heavy atom. The first kappa shape index (κ1) is 24.7. The van der Waals surface area contributed by atoms with Crippen molar-refractivity contribution in [3.8, 4) is 5.75 Å². The highest BCUT2D eigenvalue weighted by Gasteiger charge is 2.28. The van der Waals surface area contributed by atoms with Crippen molar-refractivity contribution in [3.63, 3.8) is 0 Å². The van der Waals surface area contributed by atoms with Crippen LogP contribution in [0.4, 0.5) is 4.39 Å². The summed E-state index contributed by atoms with van der Waals surface area (Å²) in [6.07, 6.45) is 0. The number of carbonyl (C=O) groups is 2. The van der Waals surface area contributed by atoms with Crippen LogP contribution in [-0.4, -0.2) is 34.9 Å². The van der Waals surface area contributed by atoms with Gasteiger partial charge in [0.15, 0.2) is 6.61 Å². The molecule has 3 aromatic carbocycles. The number of amides is 2. The average molecular weight is 515 g/mol. The fourth-order valence-electron chi connectivity index (χ4n) is 3.39. The van der Waals surface area contributed by atoms with E-state index < -0.39 is 11.6 Å². The molecule has 7 heteroatoms. The second kappa shape index (κ2) is 10.3. The first-order valence-electron chi connectivity index (χ1n) is 10.7. The van der Waals surface area contributed by atoms with Crippen molar-refractivity contribution < 1.29 is 18.7 Å². The quantitative estimate of drug-likeness (QED) is 0.455. The predicted molar refractivity (Wildman–Crippen MR) is 131 cm³/mol. The van der Waals surface area contributed by atoms with Crippen molar-refractivity contribution in [1.29, 1.82) is 0 Å². The van der Waals surface area contributed by atoms with Crippen molar-refractivity contribution >= 4 is 38.5 Å². The van der Waals surface area contributed by atoms with Gasteiger partial charge in [-0.15, -0.1) is 0 Å². The van der Waals surface area contributed by atoms with Crippen LogP contribution in [0.5, 0.6) is 5.75 Å². The standard InChI is InChI=1S/C26H28BrFN2O3/c1-17(25(32)29-26(2,3)4)30(15-18-9-12-20(28)13-10-18)23(31)16-33-22-14-11-19-7-5-6-8-21(19)24(22)27/h5-14,17H,15-16H2,1-4H3,(H,29,32)/t17-/m0/s1. The molecule has 33 heavy (non-hydrogen) atoms. The lowest BCUT2D eigenvalue weighted by Gasteiger charge is -2.31. The van der Waals surface area contributed by atoms with Gasteiger partial charge in [-0.1, -0.05) is 42.5 Å². The van der Waals surface area contributed by atoms with Gasteiger partial charge in [0.1, 0.15) is 17.6 Å². The number of hydrogen-bond donors (Lipinski definition) is 1. The lowest BCUT2D eigenvalue weighted by molar-refractivity contribution is -0.142. The van der Waals surface area contributed by atoms with Crippen LogP contribution in [-0.2, 0) is 16.1 Å². The fourth-order valence-corrected chi connectivity index (χ4v) is 4.00. The molecular weight excluding hydrogens is 487 g/mol. The van der Waals surface area contributed by atoms with Crippen LogP contribution in [0.2, 0.25) is 0 Å². The Morgan fingerprint density at radius 3 is 2.39 bits per heavy atom. The van der Waals surface area contributed by atoms with E-state index in [4.69, 9.17) is 4.74 Å². The molecule has 0 aliphatic rings. The molecule has 0 saturated heterocycles. The SMILES string of the molecule is C[C@@H](C(=O)NC(C)(C)C)N(Cc1ccc(F)cc1)C(=O)COc1ccc2ccccc2c1Br. The monoisotopic (exact) mass is 514 g/mol. The molecule has 0 saturated carbocycles. The summed E-state index contributed by atoms with van der Waals surface area (Å²) < 4.78 is 20.0. The summed E-state index contributed by atoms with van der Waals surface area (Å²) in [6.45, 7) is 7.22. The largest absolute Gasteiger partial charge is 0.483 e. The number of nitrogens with zero attached hydrogens (tertiary/aromatic N) is 1. The number of benzene rings is 3. The van der Waals surface area contributed by atoms with Crippen molar-refractivity contribution in [2.75, 3.05) is 6.61 Å². The number of fused-ring (bicyclic) bond motifs is 1. The van der Waals surface area contributed by atoms with E-state index in [0.29, 0.717) is 11.3 Å². The first-order chi connectivity index (χ1) is 15.5. The molecule has 0 heterocycles. The molecule has 1 atom stereocenters. The van der Waals surface area contributed by atoms with E-state index >= 15 is 0 Å². The van der Waals surface area contributed by atoms with Crippen molar-refractivity contribution in [2.45, 2.75) is 45.8 Å². The maximum absolute atomic E-state index is 13.3. The number of ether oxygens (including phenoxy) is 1. The highest BCUT2D eigenvalue weighted by atomic mass is 79.9. The molecule has 0 unspecified atom stereocenters. The van der Waals surface area contributed by atoms with E-state index in [1.165, 1.54) is 17.0 Å². The zero-order valence-corrected chi connectivity index (χ0v) is 20.8. The zero-order chi connectivity index (χ0) is 24.2. The summed E-state index contributed by atoms with van der Waals surface area (Å²) in [4.78, 5) is 27.5. The molecule has 2 amide bonds. The number of rotatable bonds is 7. The molecule has 3 aromatic rings. The molecular formula is C26H28BrFN2O3. The minimum atomic E-state index is -0.745. The highest BCUT2D eigenvalue weighted by molar-refractivity contribution is 9.10. The minimum absolute atomic E-state index is 0.153. The smallest absolute Gasteiger partial charge is 0.261 e. The molecule has 0 fully saturated rings. The Bertz CT molecular complexity index is 1140. The summed E-state index contributed by atoms with van der Waals surface area (Å²) in [7, 11) is 0. The number of carbonyl (C=O) groups excluding carboxylic acids is 2. The number of halogens is 2. The maximum atomic E-state index is 13.3. The summed E-state index contributed by atoms with van der Waals surface area (Å²) in [5, 5.41) is 4.94. The van der Waals surface area contributed by atoms with E-state index in [1.54, 1.807) is 25.1 Å². The normalized spacial score (nSPS) is 12.3. The van der Waals surface area contributed by atoms with E-state index in [-0.39, 0.29) is 30.8 Å². The topological polar surface area (TPSA) is 58.6 Å². The van der Waals surface area contributed by atoms with Gasteiger partial charge in [0, 0.05) is 12.1 Å². The number of nitrogens with one attached hydrogen (secondary N) is 1. The third-order valence-electron chi connectivity index (χ3n) is 5.11. The molecule has 1 N–H and O–H groups in total. The molecule has 0 radical (unpaired) electrons. The van der Waals surface area contributed by atoms with Crippen LogP contribution < -0.4 is 10.1 Å². The van der Waals surface area contributed by atoms with E-state index in [9.17, 15) is 14.0 Å². The third kappa shape index (κ3) is 6.54. The number of hydrogen-bond acceptors (Lipinski definition) is 3. The van der Waals surface area contributed by atoms with Crippen LogP contribution in [0, 0.1) is 5.82 Å². The lowest BCUT2D eigenvalue weighted by atomic mass is 10.1. The van der Waals surface area contributed by atoms with Gasteiger partial charge in [-0.25, -0.2) is 4.39 Å². The van der Waals surface area contributed by atoms with Crippen molar-refractivity contribution in [3.05, 3.63) is 76.5 Å². The highest BCUT2D eigenvalue weighted by Crippen LogP contribution is 2.33. The van der Waals surface area contributed by atoms with Crippen LogP contribution in [0.15, 0.2) is 65.1 Å². The van der Waals surface area contributed by atoms with Crippen molar-refractivity contribution in [2.24, 2.45) is 0 Å². The Labute approximate surface area is 202 Å². The Morgan fingerprint density at radius 1 is 1.06 bits per heavy atom. The summed E-state index contributed by atoms with van der Waals surface area (Å²) in [6, 6.07) is 16.7. The third-order valence-corrected chi connectivity index (χ3v) is 5.93. The average Bonchev–Trinajstić information content (AvgIpc) is 2.76. The second-order valence-corrected chi connectivity index (χ2v) is 9.74. The van der Waals surface area contributed by atoms with E-state index in [0.717, 1.165) is 15.2 Å². The molecule has 174 valence electrons. The molecule has 0 aliphatic carbocycles. The molecule has 0 bridgehead atoms. The van der Waals surface area contributed by atoms with Crippen molar-refractivity contribution in [1.82, 2.24) is 10.2 Å². The predicted octanol–water partition coefficient (Wildman–Crippen LogP) is 5.45. The fraction of sp³-hybridized carbons (Fsp3) is 0.308. The van der Waals surface area contributed by atoms with Gasteiger partial charge in [0.25, 0.3) is 5.91 Å². The Hall–Kier alpha value is -2.93. The molecule has 0 aromatic heterocycles. The van der Waals surface area contributed by atoms with Gasteiger partial charge in [-0.05, 0) is 78.2 Å². The van der Waals surface area contributed by atoms with Gasteiger partial charge in [0.2, 0.25) is 5.91 Å². The summed E-state index contributed by atoms with van der Waals surface area (Å²) >= 11 is 3.57.